The van der Waals surface area contributed by atoms with Gasteiger partial charge in [-0.3, -0.25) is 0 Å². The lowest BCUT2D eigenvalue weighted by molar-refractivity contribution is 0.475. The van der Waals surface area contributed by atoms with Crippen molar-refractivity contribution in [1.29, 1.82) is 0 Å². The van der Waals surface area contributed by atoms with Crippen LogP contribution in [0.2, 0.25) is 0 Å². The molecule has 2 N–H and O–H groups in total. The summed E-state index contributed by atoms with van der Waals surface area (Å²) in [5, 5.41) is 34.4. The summed E-state index contributed by atoms with van der Waals surface area (Å²) in [6.45, 7) is 0. The molecule has 0 atom stereocenters. The molecule has 0 radical (unpaired) electrons. The fourth-order valence-corrected chi connectivity index (χ4v) is 14.9. The molecule has 8 aromatic rings. The lowest BCUT2D eigenvalue weighted by Gasteiger charge is -2.29. The minimum Gasteiger partial charge on any atom is -0.507 e. The number of phenols is 2. The summed E-state index contributed by atoms with van der Waals surface area (Å²) in [7, 11) is 0. The van der Waals surface area contributed by atoms with E-state index in [1.54, 1.807) is 0 Å². The molecule has 0 fully saturated rings. The fraction of sp³-hybridized carbons (Fsp3) is 0. The highest BCUT2D eigenvalue weighted by atomic mass is 32.4. The highest BCUT2D eigenvalue weighted by Gasteiger charge is 2.34. The van der Waals surface area contributed by atoms with Crippen LogP contribution in [0.4, 0.5) is 0 Å². The predicted molar refractivity (Wildman–Crippen MR) is 222 cm³/mol. The SMILES string of the molecule is Oc1c(P(=S)(c2ccccc2)c2ccccc2)cc2ccccc2c1-c1c(O)c(P(=S)(c2ccccc2)c2ccccc2)cc2ccccc12. The van der Waals surface area contributed by atoms with Crippen LogP contribution >= 0.6 is 12.1 Å². The van der Waals surface area contributed by atoms with Gasteiger partial charge in [-0.05, 0) is 54.9 Å². The molecular weight excluding hydrogens is 687 g/mol. The van der Waals surface area contributed by atoms with Gasteiger partial charge in [-0.1, -0.05) is 193 Å². The largest absolute Gasteiger partial charge is 0.507 e. The Morgan fingerprint density at radius 2 is 0.600 bits per heavy atom. The Hall–Kier alpha value is -4.82. The Labute approximate surface area is 302 Å². The van der Waals surface area contributed by atoms with Gasteiger partial charge in [0, 0.05) is 33.8 Å². The zero-order valence-corrected chi connectivity index (χ0v) is 30.3. The lowest BCUT2D eigenvalue weighted by Crippen LogP contribution is -2.26. The van der Waals surface area contributed by atoms with E-state index in [2.05, 4.69) is 72.8 Å². The van der Waals surface area contributed by atoms with Crippen molar-refractivity contribution in [3.05, 3.63) is 182 Å². The Bertz CT molecular complexity index is 2340. The highest BCUT2D eigenvalue weighted by molar-refractivity contribution is 8.26. The molecule has 8 rings (SSSR count). The molecule has 6 heteroatoms. The Morgan fingerprint density at radius 3 is 0.900 bits per heavy atom. The maximum atomic E-state index is 12.8. The van der Waals surface area contributed by atoms with E-state index in [0.29, 0.717) is 21.7 Å². The zero-order chi connectivity index (χ0) is 34.3. The number of hydrogen-bond acceptors (Lipinski definition) is 4. The van der Waals surface area contributed by atoms with E-state index in [9.17, 15) is 10.2 Å². The van der Waals surface area contributed by atoms with Gasteiger partial charge in [-0.15, -0.1) is 0 Å². The standard InChI is InChI=1S/C44H32O2P2S2/c45-43-39(47(49,33-19-5-1-6-20-33)34-21-7-2-8-22-34)29-31-17-13-15-27-37(31)41(43)42-38-28-16-14-18-32(38)30-40(44(42)46)48(50,35-23-9-3-10-24-35)36-25-11-4-12-26-36/h1-30,45-46H. The topological polar surface area (TPSA) is 40.5 Å². The Kier molecular flexibility index (Phi) is 8.51. The van der Waals surface area contributed by atoms with Crippen LogP contribution in [0.3, 0.4) is 0 Å². The first-order valence-corrected chi connectivity index (χ1v) is 22.0. The third-order valence-electron chi connectivity index (χ3n) is 9.41. The fourth-order valence-electron chi connectivity index (χ4n) is 7.04. The van der Waals surface area contributed by atoms with Crippen molar-refractivity contribution in [3.63, 3.8) is 0 Å². The molecule has 0 amide bonds. The molecule has 0 spiro atoms. The van der Waals surface area contributed by atoms with E-state index in [0.717, 1.165) is 42.8 Å². The van der Waals surface area contributed by atoms with E-state index >= 15 is 0 Å². The summed E-state index contributed by atoms with van der Waals surface area (Å²) < 4.78 is 0. The molecule has 0 saturated heterocycles. The molecule has 0 unspecified atom stereocenters. The molecule has 2 nitrogen and oxygen atoms in total. The minimum atomic E-state index is -2.79. The Morgan fingerprint density at radius 1 is 0.340 bits per heavy atom. The van der Waals surface area contributed by atoms with Crippen molar-refractivity contribution in [1.82, 2.24) is 0 Å². The van der Waals surface area contributed by atoms with Gasteiger partial charge in [0.05, 0.1) is 0 Å². The second-order valence-electron chi connectivity index (χ2n) is 12.2. The normalized spacial score (nSPS) is 11.9. The maximum Gasteiger partial charge on any atom is 0.133 e. The van der Waals surface area contributed by atoms with Gasteiger partial charge in [-0.2, -0.15) is 0 Å². The third kappa shape index (κ3) is 5.23. The average Bonchev–Trinajstić information content (AvgIpc) is 3.18. The first kappa shape index (κ1) is 32.4. The summed E-state index contributed by atoms with van der Waals surface area (Å²) in [6, 6.07) is 55.0. The van der Waals surface area contributed by atoms with Crippen LogP contribution in [0, 0.1) is 0 Å². The molecular formula is C44H32O2P2S2. The molecule has 0 saturated carbocycles. The van der Waals surface area contributed by atoms with Crippen LogP contribution in [-0.4, -0.2) is 10.2 Å². The van der Waals surface area contributed by atoms with Crippen LogP contribution in [0.25, 0.3) is 32.7 Å². The second kappa shape index (κ2) is 13.1. The van der Waals surface area contributed by atoms with Crippen LogP contribution in [-0.2, 0) is 23.6 Å². The summed E-state index contributed by atoms with van der Waals surface area (Å²) in [5.74, 6) is 0.148. The summed E-state index contributed by atoms with van der Waals surface area (Å²) in [6.07, 6.45) is 0. The quantitative estimate of drug-likeness (QED) is 0.162. The van der Waals surface area contributed by atoms with Gasteiger partial charge in [-0.25, -0.2) is 0 Å². The number of hydrogen-bond donors (Lipinski definition) is 2. The number of aromatic hydroxyl groups is 2. The summed E-state index contributed by atoms with van der Waals surface area (Å²) >= 11 is 13.6. The second-order valence-corrected chi connectivity index (χ2v) is 21.0. The van der Waals surface area contributed by atoms with Gasteiger partial charge in [0.25, 0.3) is 0 Å². The van der Waals surface area contributed by atoms with E-state index in [-0.39, 0.29) is 11.5 Å². The van der Waals surface area contributed by atoms with Gasteiger partial charge in [0.2, 0.25) is 0 Å². The van der Waals surface area contributed by atoms with Gasteiger partial charge in [0.15, 0.2) is 0 Å². The molecule has 8 aromatic carbocycles. The maximum absolute atomic E-state index is 12.8. The van der Waals surface area contributed by atoms with E-state index in [1.807, 2.05) is 109 Å². The van der Waals surface area contributed by atoms with E-state index in [1.165, 1.54) is 0 Å². The van der Waals surface area contributed by atoms with Crippen LogP contribution in [0.15, 0.2) is 182 Å². The molecule has 242 valence electrons. The average molecular weight is 719 g/mol. The van der Waals surface area contributed by atoms with Crippen molar-refractivity contribution in [2.45, 2.75) is 0 Å². The van der Waals surface area contributed by atoms with E-state index in [4.69, 9.17) is 23.6 Å². The molecule has 0 aromatic heterocycles. The number of fused-ring (bicyclic) bond motifs is 2. The number of rotatable bonds is 7. The molecule has 0 aliphatic carbocycles. The first-order chi connectivity index (χ1) is 24.4. The van der Waals surface area contributed by atoms with Gasteiger partial charge < -0.3 is 10.2 Å². The number of phenolic OH excluding ortho intramolecular Hbond substituents is 2. The predicted octanol–water partition coefficient (Wildman–Crippen LogP) is 8.58. The number of benzene rings is 8. The van der Waals surface area contributed by atoms with Crippen molar-refractivity contribution in [2.75, 3.05) is 0 Å². The lowest BCUT2D eigenvalue weighted by atomic mass is 9.92. The zero-order valence-electron chi connectivity index (χ0n) is 26.9. The van der Waals surface area contributed by atoms with Crippen molar-refractivity contribution >= 4 is 89.1 Å². The smallest absolute Gasteiger partial charge is 0.133 e. The van der Waals surface area contributed by atoms with Crippen LogP contribution in [0.1, 0.15) is 0 Å². The van der Waals surface area contributed by atoms with Gasteiger partial charge >= 0.3 is 0 Å². The summed E-state index contributed by atoms with van der Waals surface area (Å²) in [4.78, 5) is 0. The molecule has 0 aliphatic heterocycles. The van der Waals surface area contributed by atoms with Gasteiger partial charge in [0.1, 0.15) is 11.5 Å². The van der Waals surface area contributed by atoms with E-state index < -0.39 is 12.1 Å². The Balaban J connectivity index is 1.53. The molecule has 0 heterocycles. The molecule has 0 bridgehead atoms. The monoisotopic (exact) mass is 718 g/mol. The first-order valence-electron chi connectivity index (χ1n) is 16.4. The third-order valence-corrected chi connectivity index (χ3v) is 19.3. The van der Waals surface area contributed by atoms with Crippen molar-refractivity contribution < 1.29 is 10.2 Å². The van der Waals surface area contributed by atoms with Crippen molar-refractivity contribution in [2.24, 2.45) is 0 Å². The van der Waals surface area contributed by atoms with Crippen molar-refractivity contribution in [3.8, 4) is 22.6 Å². The highest BCUT2D eigenvalue weighted by Crippen LogP contribution is 2.54. The molecule has 0 aliphatic rings. The minimum absolute atomic E-state index is 0.0741. The van der Waals surface area contributed by atoms with Crippen LogP contribution < -0.4 is 31.8 Å². The summed E-state index contributed by atoms with van der Waals surface area (Å²) in [5.41, 5.74) is 1.11. The molecule has 50 heavy (non-hydrogen) atoms. The van der Waals surface area contributed by atoms with Crippen LogP contribution in [0.5, 0.6) is 11.5 Å².